The Morgan fingerprint density at radius 3 is 2.96 bits per heavy atom. The van der Waals surface area contributed by atoms with Gasteiger partial charge in [-0.05, 0) is 30.2 Å². The van der Waals surface area contributed by atoms with E-state index in [9.17, 15) is 9.59 Å². The van der Waals surface area contributed by atoms with Crippen LogP contribution in [0.15, 0.2) is 24.4 Å². The van der Waals surface area contributed by atoms with E-state index in [-0.39, 0.29) is 25.4 Å². The van der Waals surface area contributed by atoms with Crippen molar-refractivity contribution in [2.75, 3.05) is 20.3 Å². The van der Waals surface area contributed by atoms with Gasteiger partial charge in [-0.2, -0.15) is 0 Å². The summed E-state index contributed by atoms with van der Waals surface area (Å²) < 4.78 is 10.5. The maximum absolute atomic E-state index is 12.4. The normalized spacial score (nSPS) is 20.2. The Morgan fingerprint density at radius 2 is 2.29 bits per heavy atom. The zero-order chi connectivity index (χ0) is 17.2. The lowest BCUT2D eigenvalue weighted by Crippen LogP contribution is -2.51. The first-order chi connectivity index (χ1) is 11.5. The maximum atomic E-state index is 12.4. The predicted octanol–water partition coefficient (Wildman–Crippen LogP) is 1.47. The van der Waals surface area contributed by atoms with Gasteiger partial charge in [0.15, 0.2) is 0 Å². The summed E-state index contributed by atoms with van der Waals surface area (Å²) in [6, 6.07) is 5.62. The van der Waals surface area contributed by atoms with E-state index in [1.807, 2.05) is 18.2 Å². The topological polar surface area (TPSA) is 101 Å². The zero-order valence-corrected chi connectivity index (χ0v) is 13.4. The van der Waals surface area contributed by atoms with E-state index in [1.165, 1.54) is 0 Å². The van der Waals surface area contributed by atoms with E-state index in [2.05, 4.69) is 10.3 Å². The number of aromatic nitrogens is 1. The first-order valence-electron chi connectivity index (χ1n) is 7.76. The number of methoxy groups -OCH3 is 1. The maximum Gasteiger partial charge on any atom is 0.305 e. The molecular formula is C17H20N2O5. The molecule has 0 radical (unpaired) electrons. The van der Waals surface area contributed by atoms with Crippen molar-refractivity contribution < 1.29 is 24.2 Å². The standard InChI is InChI=1S/C17H20N2O5/c1-23-12-2-3-14-13(7-12)11(9-18-14)6-15(20)19-17(8-16(21)22)4-5-24-10-17/h2-3,7,9,18H,4-6,8,10H2,1H3,(H,19,20)(H,21,22). The Labute approximate surface area is 138 Å². The van der Waals surface area contributed by atoms with Gasteiger partial charge in [-0.1, -0.05) is 0 Å². The average Bonchev–Trinajstić information content (AvgIpc) is 3.13. The number of H-pyrrole nitrogens is 1. The van der Waals surface area contributed by atoms with Crippen LogP contribution in [0.1, 0.15) is 18.4 Å². The van der Waals surface area contributed by atoms with Gasteiger partial charge in [0.1, 0.15) is 5.75 Å². The molecule has 3 rings (SSSR count). The van der Waals surface area contributed by atoms with Crippen molar-refractivity contribution in [2.45, 2.75) is 24.8 Å². The molecule has 1 atom stereocenters. The molecule has 2 heterocycles. The van der Waals surface area contributed by atoms with Crippen LogP contribution in [0.25, 0.3) is 10.9 Å². The number of hydrogen-bond donors (Lipinski definition) is 3. The van der Waals surface area contributed by atoms with Crippen LogP contribution in [0.3, 0.4) is 0 Å². The van der Waals surface area contributed by atoms with Gasteiger partial charge in [-0.15, -0.1) is 0 Å². The summed E-state index contributed by atoms with van der Waals surface area (Å²) in [7, 11) is 1.59. The number of fused-ring (bicyclic) bond motifs is 1. The van der Waals surface area contributed by atoms with Crippen molar-refractivity contribution >= 4 is 22.8 Å². The Bertz CT molecular complexity index is 761. The summed E-state index contributed by atoms with van der Waals surface area (Å²) in [4.78, 5) is 26.7. The van der Waals surface area contributed by atoms with Crippen molar-refractivity contribution in [3.8, 4) is 5.75 Å². The third kappa shape index (κ3) is 3.35. The smallest absolute Gasteiger partial charge is 0.305 e. The fraction of sp³-hybridized carbons (Fsp3) is 0.412. The third-order valence-corrected chi connectivity index (χ3v) is 4.32. The molecule has 2 aromatic rings. The average molecular weight is 332 g/mol. The van der Waals surface area contributed by atoms with Gasteiger partial charge >= 0.3 is 5.97 Å². The first-order valence-corrected chi connectivity index (χ1v) is 7.76. The van der Waals surface area contributed by atoms with E-state index in [0.717, 1.165) is 22.2 Å². The number of nitrogens with one attached hydrogen (secondary N) is 2. The van der Waals surface area contributed by atoms with E-state index >= 15 is 0 Å². The number of carbonyl (C=O) groups is 2. The number of rotatable bonds is 6. The van der Waals surface area contributed by atoms with E-state index in [4.69, 9.17) is 14.6 Å². The molecule has 1 aliphatic heterocycles. The third-order valence-electron chi connectivity index (χ3n) is 4.32. The minimum absolute atomic E-state index is 0.138. The van der Waals surface area contributed by atoms with Gasteiger partial charge < -0.3 is 24.9 Å². The van der Waals surface area contributed by atoms with Crippen molar-refractivity contribution in [1.29, 1.82) is 0 Å². The summed E-state index contributed by atoms with van der Waals surface area (Å²) in [6.45, 7) is 0.685. The Balaban J connectivity index is 1.76. The molecule has 24 heavy (non-hydrogen) atoms. The quantitative estimate of drug-likeness (QED) is 0.744. The van der Waals surface area contributed by atoms with Gasteiger partial charge in [0.05, 0.1) is 32.1 Å². The number of carboxylic acid groups (broad SMARTS) is 1. The number of hydrogen-bond acceptors (Lipinski definition) is 4. The number of aromatic amines is 1. The molecule has 1 saturated heterocycles. The lowest BCUT2D eigenvalue weighted by molar-refractivity contribution is -0.139. The number of benzene rings is 1. The van der Waals surface area contributed by atoms with Crippen molar-refractivity contribution in [2.24, 2.45) is 0 Å². The van der Waals surface area contributed by atoms with Crippen LogP contribution in [0.5, 0.6) is 5.75 Å². The summed E-state index contributed by atoms with van der Waals surface area (Å²) in [6.07, 6.45) is 2.32. The molecule has 1 aromatic heterocycles. The fourth-order valence-electron chi connectivity index (χ4n) is 3.12. The molecule has 1 unspecified atom stereocenters. The van der Waals surface area contributed by atoms with E-state index in [1.54, 1.807) is 13.3 Å². The zero-order valence-electron chi connectivity index (χ0n) is 13.4. The van der Waals surface area contributed by atoms with Crippen LogP contribution in [-0.4, -0.2) is 47.8 Å². The second-order valence-electron chi connectivity index (χ2n) is 6.10. The van der Waals surface area contributed by atoms with Crippen molar-refractivity contribution in [1.82, 2.24) is 10.3 Å². The molecular weight excluding hydrogens is 312 g/mol. The van der Waals surface area contributed by atoms with Gasteiger partial charge in [0.25, 0.3) is 0 Å². The monoisotopic (exact) mass is 332 g/mol. The second-order valence-corrected chi connectivity index (χ2v) is 6.10. The number of aliphatic carboxylic acids is 1. The van der Waals surface area contributed by atoms with Crippen LogP contribution in [-0.2, 0) is 20.7 Å². The SMILES string of the molecule is COc1ccc2[nH]cc(CC(=O)NC3(CC(=O)O)CCOC3)c2c1. The van der Waals surface area contributed by atoms with Crippen molar-refractivity contribution in [3.63, 3.8) is 0 Å². The Hall–Kier alpha value is -2.54. The summed E-state index contributed by atoms with van der Waals surface area (Å²) in [5.74, 6) is -0.446. The number of carbonyl (C=O) groups excluding carboxylic acids is 1. The molecule has 0 spiro atoms. The number of carboxylic acids is 1. The summed E-state index contributed by atoms with van der Waals surface area (Å²) >= 11 is 0. The minimum atomic E-state index is -0.947. The second kappa shape index (κ2) is 6.52. The molecule has 1 aliphatic rings. The first kappa shape index (κ1) is 16.3. The van der Waals surface area contributed by atoms with Gasteiger partial charge in [-0.3, -0.25) is 9.59 Å². The van der Waals surface area contributed by atoms with E-state index in [0.29, 0.717) is 13.0 Å². The van der Waals surface area contributed by atoms with Gasteiger partial charge in [0.2, 0.25) is 5.91 Å². The van der Waals surface area contributed by atoms with Gasteiger partial charge in [-0.25, -0.2) is 0 Å². The molecule has 1 fully saturated rings. The van der Waals surface area contributed by atoms with Crippen molar-refractivity contribution in [3.05, 3.63) is 30.0 Å². The highest BCUT2D eigenvalue weighted by molar-refractivity contribution is 5.90. The lowest BCUT2D eigenvalue weighted by atomic mass is 9.94. The summed E-state index contributed by atoms with van der Waals surface area (Å²) in [5.41, 5.74) is 0.945. The molecule has 7 nitrogen and oxygen atoms in total. The molecule has 7 heteroatoms. The Kier molecular flexibility index (Phi) is 4.44. The molecule has 1 amide bonds. The summed E-state index contributed by atoms with van der Waals surface area (Å²) in [5, 5.41) is 12.9. The highest BCUT2D eigenvalue weighted by Gasteiger charge is 2.38. The molecule has 0 bridgehead atoms. The Morgan fingerprint density at radius 1 is 1.46 bits per heavy atom. The van der Waals surface area contributed by atoms with Crippen LogP contribution >= 0.6 is 0 Å². The molecule has 1 aromatic carbocycles. The van der Waals surface area contributed by atoms with Crippen LogP contribution in [0.4, 0.5) is 0 Å². The lowest BCUT2D eigenvalue weighted by Gasteiger charge is -2.27. The largest absolute Gasteiger partial charge is 0.497 e. The molecule has 0 saturated carbocycles. The molecule has 3 N–H and O–H groups in total. The number of ether oxygens (including phenoxy) is 2. The van der Waals surface area contributed by atoms with E-state index < -0.39 is 11.5 Å². The minimum Gasteiger partial charge on any atom is -0.497 e. The van der Waals surface area contributed by atoms with Crippen LogP contribution in [0, 0.1) is 0 Å². The fourth-order valence-corrected chi connectivity index (χ4v) is 3.12. The highest BCUT2D eigenvalue weighted by Crippen LogP contribution is 2.26. The predicted molar refractivity (Wildman–Crippen MR) is 87.1 cm³/mol. The van der Waals surface area contributed by atoms with Gasteiger partial charge in [0, 0.05) is 23.7 Å². The highest BCUT2D eigenvalue weighted by atomic mass is 16.5. The molecule has 0 aliphatic carbocycles. The molecule has 128 valence electrons. The van der Waals surface area contributed by atoms with Crippen LogP contribution < -0.4 is 10.1 Å². The number of amides is 1. The van der Waals surface area contributed by atoms with Crippen LogP contribution in [0.2, 0.25) is 0 Å².